The van der Waals surface area contributed by atoms with Crippen LogP contribution in [0.15, 0.2) is 66.7 Å². The summed E-state index contributed by atoms with van der Waals surface area (Å²) in [6, 6.07) is 22.6. The van der Waals surface area contributed by atoms with E-state index in [0.29, 0.717) is 48.6 Å². The molecule has 0 radical (unpaired) electrons. The number of carbonyl (C=O) groups is 1. The van der Waals surface area contributed by atoms with Gasteiger partial charge in [0.2, 0.25) is 11.7 Å². The predicted molar refractivity (Wildman–Crippen MR) is 186 cm³/mol. The van der Waals surface area contributed by atoms with E-state index in [1.165, 1.54) is 5.56 Å². The third-order valence-corrected chi connectivity index (χ3v) is 9.06. The van der Waals surface area contributed by atoms with Crippen LogP contribution in [0.1, 0.15) is 48.0 Å². The van der Waals surface area contributed by atoms with Crippen LogP contribution in [0.5, 0.6) is 17.2 Å². The molecular weight excluding hydrogens is 594 g/mol. The molecule has 1 saturated heterocycles. The SMILES string of the molecule is CCOCCn1c(NC2CCN(CCC(CN(C)C(=O)c3cc(OC)c(OC)c(OC)c3)c3ccccc3)CC2)nc2ccccc21. The molecule has 1 atom stereocenters. The molecule has 0 spiro atoms. The largest absolute Gasteiger partial charge is 0.493 e. The number of hydrogen-bond donors (Lipinski definition) is 1. The molecule has 1 aliphatic heterocycles. The maximum Gasteiger partial charge on any atom is 0.253 e. The number of likely N-dealkylation sites (N-methyl/N-ethyl adjacent to an activating group) is 1. The van der Waals surface area contributed by atoms with Crippen molar-refractivity contribution in [2.45, 2.75) is 44.7 Å². The van der Waals surface area contributed by atoms with Gasteiger partial charge in [-0.15, -0.1) is 0 Å². The molecule has 1 unspecified atom stereocenters. The monoisotopic (exact) mass is 643 g/mol. The number of likely N-dealkylation sites (tertiary alicyclic amines) is 1. The summed E-state index contributed by atoms with van der Waals surface area (Å²) in [4.78, 5) is 22.9. The summed E-state index contributed by atoms with van der Waals surface area (Å²) in [6.07, 6.45) is 3.04. The third kappa shape index (κ3) is 8.36. The van der Waals surface area contributed by atoms with Crippen LogP contribution in [0.4, 0.5) is 5.95 Å². The number of methoxy groups -OCH3 is 3. The zero-order valence-corrected chi connectivity index (χ0v) is 28.4. The molecule has 0 bridgehead atoms. The minimum Gasteiger partial charge on any atom is -0.493 e. The second kappa shape index (κ2) is 16.5. The van der Waals surface area contributed by atoms with Crippen molar-refractivity contribution < 1.29 is 23.7 Å². The van der Waals surface area contributed by atoms with Gasteiger partial charge in [0.15, 0.2) is 11.5 Å². The number of imidazole rings is 1. The summed E-state index contributed by atoms with van der Waals surface area (Å²) >= 11 is 0. The van der Waals surface area contributed by atoms with E-state index in [-0.39, 0.29) is 11.8 Å². The van der Waals surface area contributed by atoms with Gasteiger partial charge < -0.3 is 38.6 Å². The number of nitrogens with zero attached hydrogens (tertiary/aromatic N) is 4. The average molecular weight is 644 g/mol. The Kier molecular flexibility index (Phi) is 12.0. The molecule has 1 aromatic heterocycles. The first-order chi connectivity index (χ1) is 22.9. The minimum absolute atomic E-state index is 0.0932. The Hall–Kier alpha value is -4.28. The second-order valence-corrected chi connectivity index (χ2v) is 12.0. The number of fused-ring (bicyclic) bond motifs is 1. The van der Waals surface area contributed by atoms with Crippen LogP contribution in [0, 0.1) is 0 Å². The van der Waals surface area contributed by atoms with Crippen molar-refractivity contribution in [2.24, 2.45) is 0 Å². The topological polar surface area (TPSA) is 90.3 Å². The fourth-order valence-corrected chi connectivity index (χ4v) is 6.46. The molecule has 2 heterocycles. The van der Waals surface area contributed by atoms with E-state index in [1.54, 1.807) is 38.4 Å². The lowest BCUT2D eigenvalue weighted by Crippen LogP contribution is -2.40. The highest BCUT2D eigenvalue weighted by atomic mass is 16.5. The Labute approximate surface area is 278 Å². The number of carbonyl (C=O) groups excluding carboxylic acids is 1. The van der Waals surface area contributed by atoms with Gasteiger partial charge in [0.05, 0.1) is 39.0 Å². The average Bonchev–Trinajstić information content (AvgIpc) is 3.46. The van der Waals surface area contributed by atoms with Crippen LogP contribution in [0.2, 0.25) is 0 Å². The predicted octanol–water partition coefficient (Wildman–Crippen LogP) is 5.92. The van der Waals surface area contributed by atoms with Gasteiger partial charge in [-0.05, 0) is 62.6 Å². The number of aromatic nitrogens is 2. The lowest BCUT2D eigenvalue weighted by molar-refractivity contribution is 0.0781. The summed E-state index contributed by atoms with van der Waals surface area (Å²) in [5.74, 6) is 2.41. The number of ether oxygens (including phenoxy) is 4. The Balaban J connectivity index is 1.20. The molecule has 5 rings (SSSR count). The van der Waals surface area contributed by atoms with Crippen LogP contribution in [0.25, 0.3) is 11.0 Å². The smallest absolute Gasteiger partial charge is 0.253 e. The molecular formula is C37H49N5O5. The highest BCUT2D eigenvalue weighted by Crippen LogP contribution is 2.38. The van der Waals surface area contributed by atoms with E-state index in [9.17, 15) is 4.79 Å². The minimum atomic E-state index is -0.0932. The van der Waals surface area contributed by atoms with Crippen molar-refractivity contribution in [1.82, 2.24) is 19.4 Å². The highest BCUT2D eigenvalue weighted by Gasteiger charge is 2.25. The van der Waals surface area contributed by atoms with Gasteiger partial charge in [-0.3, -0.25) is 4.79 Å². The highest BCUT2D eigenvalue weighted by molar-refractivity contribution is 5.95. The maximum absolute atomic E-state index is 13.6. The molecule has 0 saturated carbocycles. The summed E-state index contributed by atoms with van der Waals surface area (Å²) < 4.78 is 24.3. The summed E-state index contributed by atoms with van der Waals surface area (Å²) in [7, 11) is 6.53. The van der Waals surface area contributed by atoms with Crippen LogP contribution in [-0.4, -0.2) is 99.1 Å². The van der Waals surface area contributed by atoms with E-state index in [0.717, 1.165) is 62.4 Å². The van der Waals surface area contributed by atoms with E-state index in [2.05, 4.69) is 57.2 Å². The zero-order chi connectivity index (χ0) is 33.2. The van der Waals surface area contributed by atoms with Gasteiger partial charge in [-0.25, -0.2) is 4.98 Å². The molecule has 0 aliphatic carbocycles. The fourth-order valence-electron chi connectivity index (χ4n) is 6.46. The molecule has 10 heteroatoms. The van der Waals surface area contributed by atoms with Crippen molar-refractivity contribution in [2.75, 3.05) is 73.1 Å². The van der Waals surface area contributed by atoms with Crippen molar-refractivity contribution in [3.63, 3.8) is 0 Å². The van der Waals surface area contributed by atoms with E-state index < -0.39 is 0 Å². The first-order valence-electron chi connectivity index (χ1n) is 16.6. The molecule has 252 valence electrons. The molecule has 3 aromatic carbocycles. The lowest BCUT2D eigenvalue weighted by atomic mass is 9.94. The summed E-state index contributed by atoms with van der Waals surface area (Å²) in [5, 5.41) is 3.75. The standard InChI is InChI=1S/C37H49N5O5/c1-6-47-23-22-42-32-15-11-10-14-31(32)39-37(42)38-30-17-20-41(21-18-30)19-16-28(27-12-8-7-9-13-27)26-40(2)36(43)29-24-33(44-3)35(46-5)34(25-29)45-4/h7-15,24-25,28,30H,6,16-23,26H2,1-5H3,(H,38,39). The second-order valence-electron chi connectivity index (χ2n) is 12.0. The van der Waals surface area contributed by atoms with Crippen molar-refractivity contribution in [3.05, 3.63) is 77.9 Å². The first-order valence-corrected chi connectivity index (χ1v) is 16.6. The molecule has 47 heavy (non-hydrogen) atoms. The lowest BCUT2D eigenvalue weighted by Gasteiger charge is -2.34. The zero-order valence-electron chi connectivity index (χ0n) is 28.4. The van der Waals surface area contributed by atoms with Crippen molar-refractivity contribution in [3.8, 4) is 17.2 Å². The van der Waals surface area contributed by atoms with Gasteiger partial charge in [-0.2, -0.15) is 0 Å². The third-order valence-electron chi connectivity index (χ3n) is 9.06. The van der Waals surface area contributed by atoms with Gasteiger partial charge in [-0.1, -0.05) is 42.5 Å². The number of piperidine rings is 1. The molecule has 10 nitrogen and oxygen atoms in total. The number of benzene rings is 3. The van der Waals surface area contributed by atoms with E-state index in [4.69, 9.17) is 23.9 Å². The van der Waals surface area contributed by atoms with Crippen LogP contribution in [-0.2, 0) is 11.3 Å². The molecule has 1 fully saturated rings. The maximum atomic E-state index is 13.6. The molecule has 1 N–H and O–H groups in total. The molecule has 1 aliphatic rings. The van der Waals surface area contributed by atoms with Crippen LogP contribution in [0.3, 0.4) is 0 Å². The molecule has 4 aromatic rings. The van der Waals surface area contributed by atoms with Crippen molar-refractivity contribution in [1.29, 1.82) is 0 Å². The van der Waals surface area contributed by atoms with Crippen LogP contribution >= 0.6 is 0 Å². The Morgan fingerprint density at radius 2 is 1.64 bits per heavy atom. The van der Waals surface area contributed by atoms with E-state index in [1.807, 2.05) is 26.1 Å². The quantitative estimate of drug-likeness (QED) is 0.151. The summed E-state index contributed by atoms with van der Waals surface area (Å²) in [6.45, 7) is 7.75. The number of para-hydroxylation sites is 2. The first kappa shape index (κ1) is 34.1. The number of anilines is 1. The summed E-state index contributed by atoms with van der Waals surface area (Å²) in [5.41, 5.74) is 3.87. The van der Waals surface area contributed by atoms with Gasteiger partial charge in [0, 0.05) is 57.4 Å². The normalized spacial score (nSPS) is 14.6. The number of nitrogens with one attached hydrogen (secondary N) is 1. The molecule has 1 amide bonds. The number of amides is 1. The Morgan fingerprint density at radius 3 is 2.30 bits per heavy atom. The number of hydrogen-bond acceptors (Lipinski definition) is 8. The van der Waals surface area contributed by atoms with Crippen LogP contribution < -0.4 is 19.5 Å². The van der Waals surface area contributed by atoms with Crippen molar-refractivity contribution >= 4 is 22.9 Å². The van der Waals surface area contributed by atoms with Gasteiger partial charge in [0.1, 0.15) is 0 Å². The number of rotatable bonds is 16. The van der Waals surface area contributed by atoms with E-state index >= 15 is 0 Å². The van der Waals surface area contributed by atoms with Gasteiger partial charge in [0.25, 0.3) is 5.91 Å². The van der Waals surface area contributed by atoms with Gasteiger partial charge >= 0.3 is 0 Å². The fraction of sp³-hybridized carbons (Fsp3) is 0.459. The Morgan fingerprint density at radius 1 is 0.957 bits per heavy atom. The Bertz CT molecular complexity index is 1560.